The molecule has 1 atom stereocenters. The second-order valence-corrected chi connectivity index (χ2v) is 3.30. The van der Waals surface area contributed by atoms with Crippen LogP contribution in [0, 0.1) is 0 Å². The summed E-state index contributed by atoms with van der Waals surface area (Å²) in [5.74, 6) is 0. The fourth-order valence-corrected chi connectivity index (χ4v) is 1.46. The Balaban J connectivity index is 1.79. The Morgan fingerprint density at radius 3 is 3.31 bits per heavy atom. The minimum Gasteiger partial charge on any atom is -0.380 e. The third-order valence-electron chi connectivity index (χ3n) is 2.25. The van der Waals surface area contributed by atoms with Crippen molar-refractivity contribution in [3.63, 3.8) is 0 Å². The van der Waals surface area contributed by atoms with Gasteiger partial charge in [0.15, 0.2) is 0 Å². The van der Waals surface area contributed by atoms with Gasteiger partial charge in [0.25, 0.3) is 0 Å². The normalized spacial score (nSPS) is 22.0. The van der Waals surface area contributed by atoms with E-state index in [0.29, 0.717) is 6.04 Å². The molecule has 0 aliphatic carbocycles. The first kappa shape index (κ1) is 8.66. The van der Waals surface area contributed by atoms with Crippen LogP contribution in [-0.2, 0) is 11.3 Å². The summed E-state index contributed by atoms with van der Waals surface area (Å²) in [6.45, 7) is 2.63. The van der Waals surface area contributed by atoms with Crippen LogP contribution in [0.1, 0.15) is 12.0 Å². The smallest absolute Gasteiger partial charge is 0.0620 e. The predicted octanol–water partition coefficient (Wildman–Crippen LogP) is 0.960. The van der Waals surface area contributed by atoms with Crippen molar-refractivity contribution in [1.82, 2.24) is 10.3 Å². The summed E-state index contributed by atoms with van der Waals surface area (Å²) in [7, 11) is 0. The Labute approximate surface area is 78.1 Å². The predicted molar refractivity (Wildman–Crippen MR) is 50.3 cm³/mol. The maximum Gasteiger partial charge on any atom is 0.0620 e. The molecule has 0 saturated carbocycles. The number of aromatic nitrogens is 1. The van der Waals surface area contributed by atoms with Gasteiger partial charge in [-0.25, -0.2) is 0 Å². The lowest BCUT2D eigenvalue weighted by Crippen LogP contribution is -2.28. The standard InChI is InChI=1S/C10H14N2O/c1-2-9(6-11-4-1)7-12-10-3-5-13-8-10/h1-2,4,6,10,12H,3,5,7-8H2. The third kappa shape index (κ3) is 2.50. The van der Waals surface area contributed by atoms with Crippen molar-refractivity contribution >= 4 is 0 Å². The van der Waals surface area contributed by atoms with Crippen molar-refractivity contribution in [3.05, 3.63) is 30.1 Å². The minimum atomic E-state index is 0.528. The Bertz CT molecular complexity index is 244. The molecule has 2 rings (SSSR count). The highest BCUT2D eigenvalue weighted by Crippen LogP contribution is 2.04. The first-order chi connectivity index (χ1) is 6.45. The molecule has 70 valence electrons. The van der Waals surface area contributed by atoms with Gasteiger partial charge in [-0.1, -0.05) is 6.07 Å². The van der Waals surface area contributed by atoms with Gasteiger partial charge in [0.2, 0.25) is 0 Å². The molecule has 1 aromatic rings. The lowest BCUT2D eigenvalue weighted by molar-refractivity contribution is 0.190. The van der Waals surface area contributed by atoms with Crippen LogP contribution in [0.25, 0.3) is 0 Å². The Morgan fingerprint density at radius 1 is 1.62 bits per heavy atom. The molecule has 1 fully saturated rings. The van der Waals surface area contributed by atoms with Crippen molar-refractivity contribution in [2.24, 2.45) is 0 Å². The second kappa shape index (κ2) is 4.35. The van der Waals surface area contributed by atoms with E-state index in [1.165, 1.54) is 5.56 Å². The highest BCUT2D eigenvalue weighted by atomic mass is 16.5. The fourth-order valence-electron chi connectivity index (χ4n) is 1.46. The Morgan fingerprint density at radius 2 is 2.62 bits per heavy atom. The maximum atomic E-state index is 5.27. The highest BCUT2D eigenvalue weighted by Gasteiger charge is 2.13. The van der Waals surface area contributed by atoms with Crippen LogP contribution in [0.2, 0.25) is 0 Å². The molecule has 0 aromatic carbocycles. The molecular formula is C10H14N2O. The molecule has 1 aliphatic heterocycles. The zero-order chi connectivity index (χ0) is 8.93. The second-order valence-electron chi connectivity index (χ2n) is 3.30. The molecule has 13 heavy (non-hydrogen) atoms. The third-order valence-corrected chi connectivity index (χ3v) is 2.25. The quantitative estimate of drug-likeness (QED) is 0.748. The van der Waals surface area contributed by atoms with Gasteiger partial charge in [-0.15, -0.1) is 0 Å². The first-order valence-electron chi connectivity index (χ1n) is 4.65. The molecule has 1 aromatic heterocycles. The van der Waals surface area contributed by atoms with Crippen LogP contribution in [0.4, 0.5) is 0 Å². The van der Waals surface area contributed by atoms with E-state index in [9.17, 15) is 0 Å². The largest absolute Gasteiger partial charge is 0.380 e. The summed E-state index contributed by atoms with van der Waals surface area (Å²) in [5, 5.41) is 3.43. The van der Waals surface area contributed by atoms with Crippen molar-refractivity contribution in [3.8, 4) is 0 Å². The number of hydrogen-bond donors (Lipinski definition) is 1. The van der Waals surface area contributed by atoms with E-state index >= 15 is 0 Å². The molecule has 2 heterocycles. The van der Waals surface area contributed by atoms with Crippen molar-refractivity contribution < 1.29 is 4.74 Å². The molecule has 3 heteroatoms. The van der Waals surface area contributed by atoms with Gasteiger partial charge < -0.3 is 10.1 Å². The summed E-state index contributed by atoms with van der Waals surface area (Å²) in [6, 6.07) is 4.57. The SMILES string of the molecule is c1cncc(CNC2CCOC2)c1. The minimum absolute atomic E-state index is 0.528. The number of ether oxygens (including phenoxy) is 1. The first-order valence-corrected chi connectivity index (χ1v) is 4.65. The summed E-state index contributed by atoms with van der Waals surface area (Å²) in [5.41, 5.74) is 1.23. The van der Waals surface area contributed by atoms with Gasteiger partial charge in [-0.3, -0.25) is 4.98 Å². The van der Waals surface area contributed by atoms with Crippen LogP contribution in [-0.4, -0.2) is 24.2 Å². The molecule has 1 saturated heterocycles. The van der Waals surface area contributed by atoms with E-state index in [4.69, 9.17) is 4.74 Å². The van der Waals surface area contributed by atoms with Gasteiger partial charge in [0, 0.05) is 31.6 Å². The van der Waals surface area contributed by atoms with Gasteiger partial charge in [-0.05, 0) is 18.1 Å². The van der Waals surface area contributed by atoms with Crippen molar-refractivity contribution in [2.45, 2.75) is 19.0 Å². The van der Waals surface area contributed by atoms with E-state index in [1.807, 2.05) is 12.3 Å². The lowest BCUT2D eigenvalue weighted by atomic mass is 10.2. The van der Waals surface area contributed by atoms with Gasteiger partial charge in [-0.2, -0.15) is 0 Å². The molecule has 0 bridgehead atoms. The van der Waals surface area contributed by atoms with E-state index < -0.39 is 0 Å². The number of hydrogen-bond acceptors (Lipinski definition) is 3. The van der Waals surface area contributed by atoms with Gasteiger partial charge >= 0.3 is 0 Å². The highest BCUT2D eigenvalue weighted by molar-refractivity contribution is 5.08. The van der Waals surface area contributed by atoms with Crippen LogP contribution >= 0.6 is 0 Å². The number of nitrogens with one attached hydrogen (secondary N) is 1. The topological polar surface area (TPSA) is 34.2 Å². The van der Waals surface area contributed by atoms with E-state index in [1.54, 1.807) is 6.20 Å². The number of rotatable bonds is 3. The Kier molecular flexibility index (Phi) is 2.90. The molecule has 1 unspecified atom stereocenters. The zero-order valence-corrected chi connectivity index (χ0v) is 7.57. The van der Waals surface area contributed by atoms with Crippen LogP contribution in [0.5, 0.6) is 0 Å². The van der Waals surface area contributed by atoms with Crippen molar-refractivity contribution in [2.75, 3.05) is 13.2 Å². The molecular weight excluding hydrogens is 164 g/mol. The summed E-state index contributed by atoms with van der Waals surface area (Å²) >= 11 is 0. The molecule has 0 spiro atoms. The van der Waals surface area contributed by atoms with Crippen LogP contribution < -0.4 is 5.32 Å². The molecule has 3 nitrogen and oxygen atoms in total. The van der Waals surface area contributed by atoms with E-state index in [2.05, 4.69) is 16.4 Å². The average molecular weight is 178 g/mol. The van der Waals surface area contributed by atoms with E-state index in [0.717, 1.165) is 26.2 Å². The van der Waals surface area contributed by atoms with Crippen LogP contribution in [0.15, 0.2) is 24.5 Å². The summed E-state index contributed by atoms with van der Waals surface area (Å²) < 4.78 is 5.27. The van der Waals surface area contributed by atoms with Gasteiger partial charge in [0.05, 0.1) is 6.61 Å². The Hall–Kier alpha value is -0.930. The summed E-state index contributed by atoms with van der Waals surface area (Å²) in [6.07, 6.45) is 4.81. The fraction of sp³-hybridized carbons (Fsp3) is 0.500. The summed E-state index contributed by atoms with van der Waals surface area (Å²) in [4.78, 5) is 4.06. The van der Waals surface area contributed by atoms with E-state index in [-0.39, 0.29) is 0 Å². The van der Waals surface area contributed by atoms with Crippen molar-refractivity contribution in [1.29, 1.82) is 0 Å². The molecule has 0 amide bonds. The number of nitrogens with zero attached hydrogens (tertiary/aromatic N) is 1. The van der Waals surface area contributed by atoms with Gasteiger partial charge in [0.1, 0.15) is 0 Å². The maximum absolute atomic E-state index is 5.27. The van der Waals surface area contributed by atoms with Crippen LogP contribution in [0.3, 0.4) is 0 Å². The molecule has 1 aliphatic rings. The monoisotopic (exact) mass is 178 g/mol. The number of pyridine rings is 1. The lowest BCUT2D eigenvalue weighted by Gasteiger charge is -2.09. The zero-order valence-electron chi connectivity index (χ0n) is 7.57. The average Bonchev–Trinajstić information content (AvgIpc) is 2.69. The molecule has 1 N–H and O–H groups in total. The molecule has 0 radical (unpaired) electrons.